The first-order valence-corrected chi connectivity index (χ1v) is 8.99. The first kappa shape index (κ1) is 27.1. The van der Waals surface area contributed by atoms with Crippen LogP contribution in [0, 0.1) is 0 Å². The SMILES string of the molecule is CCCCCCCCCCCC[N+](C)(C)C.CCOC(=O)O.N. The van der Waals surface area contributed by atoms with Gasteiger partial charge in [-0.1, -0.05) is 58.3 Å². The number of rotatable bonds is 12. The first-order valence-electron chi connectivity index (χ1n) is 8.99. The van der Waals surface area contributed by atoms with Crippen LogP contribution in [0.1, 0.15) is 78.1 Å². The van der Waals surface area contributed by atoms with E-state index in [2.05, 4.69) is 32.8 Å². The Labute approximate surface area is 144 Å². The molecule has 0 aromatic carbocycles. The Bertz CT molecular complexity index is 241. The minimum absolute atomic E-state index is 0. The highest BCUT2D eigenvalue weighted by Gasteiger charge is 2.04. The molecule has 0 bridgehead atoms. The highest BCUT2D eigenvalue weighted by atomic mass is 16.7. The van der Waals surface area contributed by atoms with E-state index in [0.717, 1.165) is 4.48 Å². The van der Waals surface area contributed by atoms with Gasteiger partial charge in [-0.2, -0.15) is 0 Å². The third-order valence-electron chi connectivity index (χ3n) is 3.45. The number of ether oxygens (including phenoxy) is 1. The largest absolute Gasteiger partial charge is 0.505 e. The van der Waals surface area contributed by atoms with Crippen molar-refractivity contribution in [2.24, 2.45) is 0 Å². The third-order valence-corrected chi connectivity index (χ3v) is 3.45. The van der Waals surface area contributed by atoms with Gasteiger partial charge in [0.1, 0.15) is 0 Å². The fourth-order valence-corrected chi connectivity index (χ4v) is 2.20. The molecule has 23 heavy (non-hydrogen) atoms. The highest BCUT2D eigenvalue weighted by Crippen LogP contribution is 2.10. The van der Waals surface area contributed by atoms with Crippen molar-refractivity contribution in [2.75, 3.05) is 34.3 Å². The number of carbonyl (C=O) groups is 1. The van der Waals surface area contributed by atoms with E-state index < -0.39 is 6.16 Å². The Hall–Kier alpha value is -0.810. The molecule has 0 saturated heterocycles. The molecule has 0 spiro atoms. The molecule has 0 rings (SSSR count). The molecule has 0 aliphatic rings. The molecule has 142 valence electrons. The van der Waals surface area contributed by atoms with Gasteiger partial charge in [-0.15, -0.1) is 0 Å². The number of quaternary nitrogens is 1. The van der Waals surface area contributed by atoms with Crippen molar-refractivity contribution in [1.82, 2.24) is 6.15 Å². The van der Waals surface area contributed by atoms with Crippen molar-refractivity contribution in [3.63, 3.8) is 0 Å². The molecule has 0 radical (unpaired) electrons. The van der Waals surface area contributed by atoms with Crippen LogP contribution in [0.4, 0.5) is 4.79 Å². The Morgan fingerprint density at radius 1 is 0.826 bits per heavy atom. The van der Waals surface area contributed by atoms with Gasteiger partial charge in [0.05, 0.1) is 34.3 Å². The Kier molecular flexibility index (Phi) is 22.6. The van der Waals surface area contributed by atoms with Gasteiger partial charge in [0, 0.05) is 0 Å². The van der Waals surface area contributed by atoms with Crippen LogP contribution >= 0.6 is 0 Å². The molecule has 0 aromatic rings. The molecule has 5 nitrogen and oxygen atoms in total. The molecule has 0 aliphatic carbocycles. The lowest BCUT2D eigenvalue weighted by atomic mass is 10.1. The molecular formula is C18H43N2O3+. The van der Waals surface area contributed by atoms with E-state index in [9.17, 15) is 4.79 Å². The van der Waals surface area contributed by atoms with Crippen LogP contribution in [0.3, 0.4) is 0 Å². The summed E-state index contributed by atoms with van der Waals surface area (Å²) in [6.45, 7) is 5.47. The number of unbranched alkanes of at least 4 members (excludes halogenated alkanes) is 9. The van der Waals surface area contributed by atoms with Crippen LogP contribution in [0.15, 0.2) is 0 Å². The topological polar surface area (TPSA) is 81.5 Å². The molecule has 0 amide bonds. The number of hydrogen-bond donors (Lipinski definition) is 2. The summed E-state index contributed by atoms with van der Waals surface area (Å²) in [7, 11) is 6.86. The zero-order valence-corrected chi connectivity index (χ0v) is 16.4. The average molecular weight is 336 g/mol. The standard InChI is InChI=1S/C15H34N.C3H6O3.H3N/c1-5-6-7-8-9-10-11-12-13-14-15-16(2,3)4;1-2-6-3(4)5;/h5-15H2,1-4H3;2H2,1H3,(H,4,5);1H3/q+1;;. The Balaban J connectivity index is -0.000000487. The molecule has 0 saturated carbocycles. The number of hydrogen-bond acceptors (Lipinski definition) is 3. The fraction of sp³-hybridized carbons (Fsp3) is 0.944. The van der Waals surface area contributed by atoms with E-state index in [1.807, 2.05) is 0 Å². The van der Waals surface area contributed by atoms with Crippen molar-refractivity contribution in [2.45, 2.75) is 78.1 Å². The second-order valence-electron chi connectivity index (χ2n) is 6.89. The first-order chi connectivity index (χ1) is 10.3. The van der Waals surface area contributed by atoms with Gasteiger partial charge >= 0.3 is 6.16 Å². The van der Waals surface area contributed by atoms with Crippen LogP contribution in [0.5, 0.6) is 0 Å². The smallest absolute Gasteiger partial charge is 0.450 e. The van der Waals surface area contributed by atoms with Crippen LogP contribution in [-0.4, -0.2) is 50.0 Å². The quantitative estimate of drug-likeness (QED) is 0.281. The van der Waals surface area contributed by atoms with Gasteiger partial charge in [0.25, 0.3) is 0 Å². The molecule has 5 heteroatoms. The van der Waals surface area contributed by atoms with Gasteiger partial charge < -0.3 is 20.5 Å². The maximum atomic E-state index is 9.38. The summed E-state index contributed by atoms with van der Waals surface area (Å²) in [5.74, 6) is 0. The van der Waals surface area contributed by atoms with Crippen molar-refractivity contribution in [1.29, 1.82) is 0 Å². The molecule has 0 heterocycles. The fourth-order valence-electron chi connectivity index (χ4n) is 2.20. The van der Waals surface area contributed by atoms with E-state index >= 15 is 0 Å². The second-order valence-corrected chi connectivity index (χ2v) is 6.89. The third kappa shape index (κ3) is 33.8. The Morgan fingerprint density at radius 3 is 1.48 bits per heavy atom. The number of carboxylic acid groups (broad SMARTS) is 1. The van der Waals surface area contributed by atoms with Gasteiger partial charge in [0.15, 0.2) is 0 Å². The van der Waals surface area contributed by atoms with Gasteiger partial charge in [-0.25, -0.2) is 4.79 Å². The van der Waals surface area contributed by atoms with Crippen molar-refractivity contribution < 1.29 is 19.1 Å². The van der Waals surface area contributed by atoms with E-state index in [0.29, 0.717) is 0 Å². The lowest BCUT2D eigenvalue weighted by Gasteiger charge is -2.23. The molecule has 0 unspecified atom stereocenters. The molecular weight excluding hydrogens is 292 g/mol. The molecule has 0 aromatic heterocycles. The average Bonchev–Trinajstić information content (AvgIpc) is 2.40. The summed E-state index contributed by atoms with van der Waals surface area (Å²) in [5.41, 5.74) is 0. The van der Waals surface area contributed by atoms with Gasteiger partial charge in [0.2, 0.25) is 0 Å². The van der Waals surface area contributed by atoms with Crippen LogP contribution < -0.4 is 6.15 Å². The summed E-state index contributed by atoms with van der Waals surface area (Å²) in [5, 5.41) is 7.69. The summed E-state index contributed by atoms with van der Waals surface area (Å²) in [4.78, 5) is 9.38. The van der Waals surface area contributed by atoms with Crippen molar-refractivity contribution >= 4 is 6.16 Å². The summed E-state index contributed by atoms with van der Waals surface area (Å²) in [6, 6.07) is 0. The summed E-state index contributed by atoms with van der Waals surface area (Å²) in [6.07, 6.45) is 13.2. The second kappa shape index (κ2) is 19.2. The van der Waals surface area contributed by atoms with Crippen molar-refractivity contribution in [3.8, 4) is 0 Å². The highest BCUT2D eigenvalue weighted by molar-refractivity contribution is 5.56. The minimum Gasteiger partial charge on any atom is -0.450 e. The van der Waals surface area contributed by atoms with Crippen LogP contribution in [0.25, 0.3) is 0 Å². The van der Waals surface area contributed by atoms with E-state index in [-0.39, 0.29) is 12.8 Å². The lowest BCUT2D eigenvalue weighted by molar-refractivity contribution is -0.870. The lowest BCUT2D eigenvalue weighted by Crippen LogP contribution is -2.35. The maximum absolute atomic E-state index is 9.38. The predicted molar refractivity (Wildman–Crippen MR) is 99.4 cm³/mol. The van der Waals surface area contributed by atoms with Gasteiger partial charge in [-0.05, 0) is 19.8 Å². The molecule has 0 aliphatic heterocycles. The molecule has 4 N–H and O–H groups in total. The van der Waals surface area contributed by atoms with E-state index in [1.165, 1.54) is 70.8 Å². The Morgan fingerprint density at radius 2 is 1.22 bits per heavy atom. The van der Waals surface area contributed by atoms with Gasteiger partial charge in [-0.3, -0.25) is 0 Å². The van der Waals surface area contributed by atoms with E-state index in [1.54, 1.807) is 6.92 Å². The van der Waals surface area contributed by atoms with Crippen molar-refractivity contribution in [3.05, 3.63) is 0 Å². The summed E-state index contributed by atoms with van der Waals surface area (Å²) < 4.78 is 5.08. The maximum Gasteiger partial charge on any atom is 0.505 e. The molecule has 0 atom stereocenters. The van der Waals surface area contributed by atoms with Crippen LogP contribution in [-0.2, 0) is 4.74 Å². The van der Waals surface area contributed by atoms with E-state index in [4.69, 9.17) is 5.11 Å². The normalized spacial score (nSPS) is 10.3. The molecule has 0 fully saturated rings. The minimum atomic E-state index is -1.21. The zero-order valence-electron chi connectivity index (χ0n) is 16.4. The predicted octanol–water partition coefficient (Wildman–Crippen LogP) is 5.48. The van der Waals surface area contributed by atoms with Crippen LogP contribution in [0.2, 0.25) is 0 Å². The number of nitrogens with zero attached hydrogens (tertiary/aromatic N) is 1. The zero-order chi connectivity index (χ0) is 17.3. The monoisotopic (exact) mass is 335 g/mol. The summed E-state index contributed by atoms with van der Waals surface area (Å²) >= 11 is 0.